The van der Waals surface area contributed by atoms with Crippen LogP contribution in [0.15, 0.2) is 60.2 Å². The molecule has 4 nitrogen and oxygen atoms in total. The molecule has 2 aromatic carbocycles. The van der Waals surface area contributed by atoms with E-state index in [-0.39, 0.29) is 13.1 Å². The summed E-state index contributed by atoms with van der Waals surface area (Å²) in [5.74, 6) is 0. The van der Waals surface area contributed by atoms with Crippen molar-refractivity contribution in [2.75, 3.05) is 19.7 Å². The van der Waals surface area contributed by atoms with Crippen LogP contribution in [0, 0.1) is 0 Å². The number of rotatable bonds is 6. The molecule has 1 aliphatic rings. The Kier molecular flexibility index (Phi) is 9.14. The van der Waals surface area contributed by atoms with Gasteiger partial charge in [0.2, 0.25) is 0 Å². The normalized spacial score (nSPS) is 14.9. The van der Waals surface area contributed by atoms with E-state index in [2.05, 4.69) is 9.64 Å². The van der Waals surface area contributed by atoms with Gasteiger partial charge >= 0.3 is 12.8 Å². The molecule has 0 unspecified atom stereocenters. The number of halogens is 5. The molecule has 0 saturated heterocycles. The van der Waals surface area contributed by atoms with Crippen molar-refractivity contribution in [2.45, 2.75) is 25.8 Å². The molecule has 0 atom stereocenters. The molecule has 0 bridgehead atoms. The highest BCUT2D eigenvalue weighted by molar-refractivity contribution is 5.71. The summed E-state index contributed by atoms with van der Waals surface area (Å²) in [5, 5.41) is 6.89. The largest absolute Gasteiger partial charge is 0.483 e. The number of nitrogens with zero attached hydrogens (tertiary/aromatic N) is 1. The van der Waals surface area contributed by atoms with E-state index >= 15 is 0 Å². The van der Waals surface area contributed by atoms with Gasteiger partial charge in [0.1, 0.15) is 0 Å². The fraction of sp³-hybridized carbons (Fsp3) is 0.318. The van der Waals surface area contributed by atoms with Crippen molar-refractivity contribution in [3.63, 3.8) is 0 Å². The van der Waals surface area contributed by atoms with Crippen LogP contribution in [0.3, 0.4) is 0 Å². The zero-order chi connectivity index (χ0) is 22.9. The van der Waals surface area contributed by atoms with Crippen molar-refractivity contribution in [3.8, 4) is 0 Å². The van der Waals surface area contributed by atoms with E-state index in [4.69, 9.17) is 9.90 Å². The fourth-order valence-corrected chi connectivity index (χ4v) is 3.31. The molecule has 31 heavy (non-hydrogen) atoms. The lowest BCUT2D eigenvalue weighted by molar-refractivity contribution is -0.137. The monoisotopic (exact) mass is 443 g/mol. The predicted molar refractivity (Wildman–Crippen MR) is 105 cm³/mol. The van der Waals surface area contributed by atoms with Crippen molar-refractivity contribution in [1.82, 2.24) is 4.90 Å². The summed E-state index contributed by atoms with van der Waals surface area (Å²) in [6.07, 6.45) is -3.79. The van der Waals surface area contributed by atoms with E-state index < -0.39 is 18.4 Å². The Morgan fingerprint density at radius 3 is 2.23 bits per heavy atom. The number of hydrogen-bond donors (Lipinski definition) is 1. The molecule has 3 rings (SSSR count). The Hall–Kier alpha value is -2.78. The van der Waals surface area contributed by atoms with Gasteiger partial charge in [-0.25, -0.2) is 0 Å². The first kappa shape index (κ1) is 24.5. The van der Waals surface area contributed by atoms with Gasteiger partial charge in [0.25, 0.3) is 6.47 Å². The van der Waals surface area contributed by atoms with Crippen LogP contribution in [0.25, 0.3) is 5.57 Å². The minimum atomic E-state index is -4.35. The van der Waals surface area contributed by atoms with Crippen LogP contribution in [-0.4, -0.2) is 42.8 Å². The lowest BCUT2D eigenvalue weighted by Crippen LogP contribution is -2.32. The summed E-state index contributed by atoms with van der Waals surface area (Å²) in [6.45, 7) is -1.57. The molecule has 0 amide bonds. The summed E-state index contributed by atoms with van der Waals surface area (Å²) in [4.78, 5) is 10.5. The smallest absolute Gasteiger partial charge is 0.416 e. The maximum Gasteiger partial charge on any atom is 0.416 e. The highest BCUT2D eigenvalue weighted by Crippen LogP contribution is 2.31. The predicted octanol–water partition coefficient (Wildman–Crippen LogP) is 5.30. The molecule has 0 saturated carbocycles. The molecular formula is C22H22F5NO3. The zero-order valence-electron chi connectivity index (χ0n) is 16.5. The van der Waals surface area contributed by atoms with Crippen molar-refractivity contribution >= 4 is 12.0 Å². The van der Waals surface area contributed by atoms with Gasteiger partial charge in [0, 0.05) is 19.6 Å². The number of carboxylic acid groups (broad SMARTS) is 1. The Morgan fingerprint density at radius 2 is 1.68 bits per heavy atom. The van der Waals surface area contributed by atoms with Crippen molar-refractivity contribution < 1.29 is 36.6 Å². The average Bonchev–Trinajstić information content (AvgIpc) is 2.73. The minimum Gasteiger partial charge on any atom is -0.483 e. The second-order valence-corrected chi connectivity index (χ2v) is 6.78. The fourth-order valence-electron chi connectivity index (χ4n) is 3.31. The molecule has 1 aliphatic heterocycles. The van der Waals surface area contributed by atoms with Gasteiger partial charge in [0.15, 0.2) is 0 Å². The minimum absolute atomic E-state index is 0.129. The molecule has 1 heterocycles. The third kappa shape index (κ3) is 7.76. The molecule has 0 aliphatic carbocycles. The van der Waals surface area contributed by atoms with Gasteiger partial charge in [-0.05, 0) is 40.8 Å². The van der Waals surface area contributed by atoms with Gasteiger partial charge in [-0.2, -0.15) is 22.0 Å². The molecule has 0 fully saturated rings. The maximum atomic E-state index is 12.7. The SMILES string of the molecule is FC(F)OCC1=C(c2ccccc2)CN(Cc2ccc(C(F)(F)F)cc2)CC1.O=CO. The lowest BCUT2D eigenvalue weighted by Gasteiger charge is -2.31. The van der Waals surface area contributed by atoms with Gasteiger partial charge < -0.3 is 9.84 Å². The zero-order valence-corrected chi connectivity index (χ0v) is 16.5. The number of benzene rings is 2. The van der Waals surface area contributed by atoms with Crippen molar-refractivity contribution in [2.24, 2.45) is 0 Å². The van der Waals surface area contributed by atoms with Gasteiger partial charge in [-0.15, -0.1) is 0 Å². The second kappa shape index (κ2) is 11.6. The van der Waals surface area contributed by atoms with Gasteiger partial charge in [-0.3, -0.25) is 9.69 Å². The highest BCUT2D eigenvalue weighted by atomic mass is 19.4. The third-order valence-electron chi connectivity index (χ3n) is 4.73. The van der Waals surface area contributed by atoms with Gasteiger partial charge in [0.05, 0.1) is 12.2 Å². The van der Waals surface area contributed by atoms with E-state index in [0.717, 1.165) is 34.4 Å². The maximum absolute atomic E-state index is 12.7. The quantitative estimate of drug-likeness (QED) is 0.486. The Balaban J connectivity index is 0.00000107. The molecule has 1 N–H and O–H groups in total. The number of carbonyl (C=O) groups is 1. The molecule has 9 heteroatoms. The van der Waals surface area contributed by atoms with Crippen LogP contribution >= 0.6 is 0 Å². The topological polar surface area (TPSA) is 49.8 Å². The average molecular weight is 443 g/mol. The van der Waals surface area contributed by atoms with Crippen LogP contribution in [0.2, 0.25) is 0 Å². The summed E-state index contributed by atoms with van der Waals surface area (Å²) in [7, 11) is 0. The summed E-state index contributed by atoms with van der Waals surface area (Å²) in [5.41, 5.74) is 2.79. The molecule has 0 aromatic heterocycles. The standard InChI is InChI=1S/C21H20F5NO.CH2O2/c22-20(23)28-14-17-10-11-27(13-19(17)16-4-2-1-3-5-16)12-15-6-8-18(9-7-15)21(24,25)26;2-1-3/h1-9,20H,10-14H2;1H,(H,2,3). The second-order valence-electron chi connectivity index (χ2n) is 6.78. The summed E-state index contributed by atoms with van der Waals surface area (Å²) >= 11 is 0. The first-order chi connectivity index (χ1) is 14.7. The molecule has 0 spiro atoms. The first-order valence-electron chi connectivity index (χ1n) is 9.37. The van der Waals surface area contributed by atoms with E-state index in [1.807, 2.05) is 30.3 Å². The first-order valence-corrected chi connectivity index (χ1v) is 9.37. The van der Waals surface area contributed by atoms with Crippen LogP contribution in [0.4, 0.5) is 22.0 Å². The number of ether oxygens (including phenoxy) is 1. The van der Waals surface area contributed by atoms with E-state index in [9.17, 15) is 22.0 Å². The molecule has 0 radical (unpaired) electrons. The highest BCUT2D eigenvalue weighted by Gasteiger charge is 2.30. The van der Waals surface area contributed by atoms with E-state index in [1.54, 1.807) is 0 Å². The van der Waals surface area contributed by atoms with Crippen LogP contribution in [0.1, 0.15) is 23.1 Å². The van der Waals surface area contributed by atoms with Gasteiger partial charge in [-0.1, -0.05) is 42.5 Å². The van der Waals surface area contributed by atoms with Crippen LogP contribution in [0.5, 0.6) is 0 Å². The van der Waals surface area contributed by atoms with Crippen molar-refractivity contribution in [1.29, 1.82) is 0 Å². The third-order valence-corrected chi connectivity index (χ3v) is 4.73. The van der Waals surface area contributed by atoms with E-state index in [0.29, 0.717) is 26.1 Å². The molecule has 168 valence electrons. The van der Waals surface area contributed by atoms with Crippen molar-refractivity contribution in [3.05, 3.63) is 76.9 Å². The van der Waals surface area contributed by atoms with Crippen LogP contribution < -0.4 is 0 Å². The lowest BCUT2D eigenvalue weighted by atomic mass is 9.94. The Labute approximate surface area is 176 Å². The Morgan fingerprint density at radius 1 is 1.06 bits per heavy atom. The summed E-state index contributed by atoms with van der Waals surface area (Å²) < 4.78 is 67.6. The van der Waals surface area contributed by atoms with E-state index in [1.165, 1.54) is 12.1 Å². The summed E-state index contributed by atoms with van der Waals surface area (Å²) in [6, 6.07) is 14.6. The van der Waals surface area contributed by atoms with Crippen LogP contribution in [-0.2, 0) is 22.3 Å². The molecule has 2 aromatic rings. The molecular weight excluding hydrogens is 421 g/mol. The number of hydrogen-bond acceptors (Lipinski definition) is 3. The number of alkyl halides is 5. The Bertz CT molecular complexity index is 852.